The number of rotatable bonds is 7. The Balaban J connectivity index is 1.81. The number of carbonyl (C=O) groups excluding carboxylic acids is 1. The van der Waals surface area contributed by atoms with E-state index >= 15 is 0 Å². The van der Waals surface area contributed by atoms with E-state index in [0.29, 0.717) is 0 Å². The average Bonchev–Trinajstić information content (AvgIpc) is 3.17. The van der Waals surface area contributed by atoms with Gasteiger partial charge in [0.05, 0.1) is 5.92 Å². The van der Waals surface area contributed by atoms with E-state index in [-0.39, 0.29) is 19.1 Å². The Morgan fingerprint density at radius 2 is 1.67 bits per heavy atom. The van der Waals surface area contributed by atoms with Gasteiger partial charge in [-0.25, -0.2) is 4.79 Å². The maximum atomic E-state index is 12.6. The maximum absolute atomic E-state index is 12.6. The first-order valence-electron chi connectivity index (χ1n) is 8.62. The number of ether oxygens (including phenoxy) is 1. The van der Waals surface area contributed by atoms with Crippen LogP contribution in [0.5, 0.6) is 0 Å². The predicted molar refractivity (Wildman–Crippen MR) is 104 cm³/mol. The molecular formula is C21H21NO4P+. The van der Waals surface area contributed by atoms with Gasteiger partial charge in [-0.2, -0.15) is 0 Å². The molecule has 0 spiro atoms. The van der Waals surface area contributed by atoms with Crippen LogP contribution in [0, 0.1) is 0 Å². The molecular weight excluding hydrogens is 361 g/mol. The minimum Gasteiger partial charge on any atom is -0.444 e. The fourth-order valence-corrected chi connectivity index (χ4v) is 3.21. The van der Waals surface area contributed by atoms with Crippen LogP contribution in [0.1, 0.15) is 22.7 Å². The minimum absolute atomic E-state index is 0.199. The minimum atomic E-state index is -1.74. The lowest BCUT2D eigenvalue weighted by Crippen LogP contribution is -2.19. The molecule has 0 saturated heterocycles. The summed E-state index contributed by atoms with van der Waals surface area (Å²) in [6, 6.07) is 22.9. The van der Waals surface area contributed by atoms with Crippen LogP contribution < -0.4 is 0 Å². The highest BCUT2D eigenvalue weighted by Crippen LogP contribution is 2.29. The van der Waals surface area contributed by atoms with E-state index in [1.54, 1.807) is 12.3 Å². The van der Waals surface area contributed by atoms with Crippen LogP contribution in [-0.2, 0) is 20.4 Å². The fourth-order valence-electron chi connectivity index (χ4n) is 2.85. The number of nitrogens with zero attached hydrogens (tertiary/aromatic N) is 1. The van der Waals surface area contributed by atoms with E-state index in [2.05, 4.69) is 0 Å². The van der Waals surface area contributed by atoms with E-state index in [9.17, 15) is 9.36 Å². The summed E-state index contributed by atoms with van der Waals surface area (Å²) in [5, 5.41) is 0. The Hall–Kier alpha value is -2.75. The third-order valence-electron chi connectivity index (χ3n) is 4.16. The first-order chi connectivity index (χ1) is 13.1. The first kappa shape index (κ1) is 19.0. The Morgan fingerprint density at radius 1 is 1.00 bits per heavy atom. The topological polar surface area (TPSA) is 57.5 Å². The Kier molecular flexibility index (Phi) is 6.53. The monoisotopic (exact) mass is 382 g/mol. The lowest BCUT2D eigenvalue weighted by atomic mass is 9.96. The second-order valence-electron chi connectivity index (χ2n) is 6.04. The van der Waals surface area contributed by atoms with Crippen molar-refractivity contribution >= 4 is 14.1 Å². The van der Waals surface area contributed by atoms with Crippen LogP contribution >= 0.6 is 8.03 Å². The van der Waals surface area contributed by atoms with Crippen molar-refractivity contribution in [2.24, 2.45) is 0 Å². The molecule has 2 aromatic carbocycles. The van der Waals surface area contributed by atoms with E-state index < -0.39 is 14.1 Å². The quantitative estimate of drug-likeness (QED) is 0.528. The van der Waals surface area contributed by atoms with Crippen molar-refractivity contribution in [2.75, 3.05) is 13.3 Å². The van der Waals surface area contributed by atoms with Gasteiger partial charge in [-0.1, -0.05) is 60.7 Å². The van der Waals surface area contributed by atoms with Gasteiger partial charge in [0.1, 0.15) is 13.2 Å². The third-order valence-corrected chi connectivity index (χ3v) is 4.68. The van der Waals surface area contributed by atoms with Crippen LogP contribution in [-0.4, -0.2) is 23.9 Å². The van der Waals surface area contributed by atoms with Gasteiger partial charge in [-0.15, -0.1) is 4.52 Å². The van der Waals surface area contributed by atoms with E-state index in [4.69, 9.17) is 9.26 Å². The van der Waals surface area contributed by atoms with Crippen molar-refractivity contribution in [3.8, 4) is 0 Å². The molecule has 5 nitrogen and oxygen atoms in total. The summed E-state index contributed by atoms with van der Waals surface area (Å²) in [7, 11) is -1.74. The van der Waals surface area contributed by atoms with E-state index in [1.165, 1.54) is 11.2 Å². The summed E-state index contributed by atoms with van der Waals surface area (Å²) in [4.78, 5) is 12.6. The van der Waals surface area contributed by atoms with Gasteiger partial charge in [-0.3, -0.25) is 4.57 Å². The largest absolute Gasteiger partial charge is 0.504 e. The van der Waals surface area contributed by atoms with E-state index in [1.807, 2.05) is 66.7 Å². The lowest BCUT2D eigenvalue weighted by Gasteiger charge is -2.17. The highest BCUT2D eigenvalue weighted by molar-refractivity contribution is 7.38. The molecule has 0 fully saturated rings. The summed E-state index contributed by atoms with van der Waals surface area (Å²) in [6.45, 7) is 1.93. The molecule has 3 aromatic rings. The summed E-state index contributed by atoms with van der Waals surface area (Å²) in [5.74, 6) is -0.232. The average molecular weight is 382 g/mol. The highest BCUT2D eigenvalue weighted by Gasteiger charge is 2.24. The molecule has 0 N–H and O–H groups in total. The third kappa shape index (κ3) is 5.13. The normalized spacial score (nSPS) is 12.4. The van der Waals surface area contributed by atoms with Crippen molar-refractivity contribution in [1.82, 2.24) is 4.57 Å². The standard InChI is InChI=1S/C21H21NO4P/c1-27(24)26-16-19(18-11-6-3-7-12-18)20-13-8-14-22(20)21(23)25-15-17-9-4-2-5-10-17/h2-14,19H,15-16H2,1H3/q+1. The zero-order valence-electron chi connectivity index (χ0n) is 15.0. The van der Waals surface area contributed by atoms with Gasteiger partial charge < -0.3 is 4.74 Å². The SMILES string of the molecule is C[P+](=O)OCC(c1ccccc1)c1cccn1C(=O)OCc1ccccc1. The van der Waals surface area contributed by atoms with Crippen molar-refractivity contribution in [3.05, 3.63) is 95.8 Å². The number of hydrogen-bond donors (Lipinski definition) is 0. The van der Waals surface area contributed by atoms with Gasteiger partial charge in [0.25, 0.3) is 0 Å². The summed E-state index contributed by atoms with van der Waals surface area (Å²) in [6.07, 6.45) is 1.21. The number of carbonyl (C=O) groups is 1. The van der Waals surface area contributed by atoms with Gasteiger partial charge >= 0.3 is 14.1 Å². The van der Waals surface area contributed by atoms with Crippen LogP contribution in [0.4, 0.5) is 4.79 Å². The van der Waals surface area contributed by atoms with Crippen molar-refractivity contribution in [3.63, 3.8) is 0 Å². The zero-order valence-corrected chi connectivity index (χ0v) is 15.9. The molecule has 3 rings (SSSR count). The molecule has 0 radical (unpaired) electrons. The second-order valence-corrected chi connectivity index (χ2v) is 7.18. The molecule has 1 aromatic heterocycles. The zero-order chi connectivity index (χ0) is 19.1. The Bertz CT molecular complexity index is 893. The molecule has 27 heavy (non-hydrogen) atoms. The van der Waals surface area contributed by atoms with Gasteiger partial charge in [0, 0.05) is 11.9 Å². The van der Waals surface area contributed by atoms with Crippen molar-refractivity contribution < 1.29 is 18.6 Å². The number of benzene rings is 2. The summed E-state index contributed by atoms with van der Waals surface area (Å²) < 4.78 is 23.8. The van der Waals surface area contributed by atoms with Crippen LogP contribution in [0.15, 0.2) is 79.0 Å². The van der Waals surface area contributed by atoms with Crippen LogP contribution in [0.3, 0.4) is 0 Å². The lowest BCUT2D eigenvalue weighted by molar-refractivity contribution is 0.140. The number of hydrogen-bond acceptors (Lipinski definition) is 4. The van der Waals surface area contributed by atoms with Gasteiger partial charge in [0.15, 0.2) is 6.66 Å². The van der Waals surface area contributed by atoms with Crippen molar-refractivity contribution in [1.29, 1.82) is 0 Å². The van der Waals surface area contributed by atoms with E-state index in [0.717, 1.165) is 16.8 Å². The molecule has 0 saturated carbocycles. The molecule has 6 heteroatoms. The Morgan fingerprint density at radius 3 is 2.33 bits per heavy atom. The predicted octanol–water partition coefficient (Wildman–Crippen LogP) is 5.19. The van der Waals surface area contributed by atoms with Crippen LogP contribution in [0.2, 0.25) is 0 Å². The second kappa shape index (κ2) is 9.26. The fraction of sp³-hybridized carbons (Fsp3) is 0.190. The summed E-state index contributed by atoms with van der Waals surface area (Å²) in [5.41, 5.74) is 2.63. The number of aromatic nitrogens is 1. The van der Waals surface area contributed by atoms with Gasteiger partial charge in [-0.05, 0) is 27.8 Å². The van der Waals surface area contributed by atoms with Crippen LogP contribution in [0.25, 0.3) is 0 Å². The van der Waals surface area contributed by atoms with Gasteiger partial charge in [0.2, 0.25) is 0 Å². The van der Waals surface area contributed by atoms with Crippen molar-refractivity contribution in [2.45, 2.75) is 12.5 Å². The molecule has 138 valence electrons. The first-order valence-corrected chi connectivity index (χ1v) is 10.2. The smallest absolute Gasteiger partial charge is 0.444 e. The molecule has 2 unspecified atom stereocenters. The Labute approximate surface area is 159 Å². The highest BCUT2D eigenvalue weighted by atomic mass is 31.1. The molecule has 2 atom stereocenters. The molecule has 1 heterocycles. The molecule has 0 aliphatic carbocycles. The summed E-state index contributed by atoms with van der Waals surface area (Å²) >= 11 is 0. The molecule has 0 bridgehead atoms. The molecule has 0 amide bonds. The molecule has 0 aliphatic heterocycles. The molecule has 0 aliphatic rings. The maximum Gasteiger partial charge on any atom is 0.504 e.